The van der Waals surface area contributed by atoms with Gasteiger partial charge in [0.25, 0.3) is 0 Å². The molecule has 1 heterocycles. The van der Waals surface area contributed by atoms with Gasteiger partial charge in [0.15, 0.2) is 0 Å². The number of nitrogens with zero attached hydrogens (tertiary/aromatic N) is 1. The van der Waals surface area contributed by atoms with Crippen molar-refractivity contribution in [3.05, 3.63) is 30.3 Å². The minimum Gasteiger partial charge on any atom is -0.540 e. The molecule has 1 aromatic carbocycles. The molecule has 0 saturated carbocycles. The van der Waals surface area contributed by atoms with Crippen molar-refractivity contribution in [1.29, 1.82) is 0 Å². The van der Waals surface area contributed by atoms with Crippen LogP contribution < -0.4 is 5.59 Å². The molecule has 2 aromatic rings. The van der Waals surface area contributed by atoms with Gasteiger partial charge in [0, 0.05) is 32.4 Å². The first-order valence-electron chi connectivity index (χ1n) is 7.85. The Morgan fingerprint density at radius 3 is 2.09 bits per heavy atom. The standard InChI is InChI=1S/C16H25BNO4/c1-5-20-17(21-6-2,22-7-3)16-12-14-10-8-9-11-15(14)18(16)13-19-4/h8-12H,5-7,13H2,1-4H3/q-1. The third kappa shape index (κ3) is 3.20. The molecule has 0 aliphatic rings. The number of rotatable bonds is 9. The minimum absolute atomic E-state index is 0.416. The summed E-state index contributed by atoms with van der Waals surface area (Å²) in [6.07, 6.45) is 0. The maximum absolute atomic E-state index is 5.95. The molecule has 0 unspecified atom stereocenters. The van der Waals surface area contributed by atoms with Gasteiger partial charge in [-0.1, -0.05) is 29.9 Å². The average molecular weight is 306 g/mol. The third-order valence-corrected chi connectivity index (χ3v) is 3.62. The molecule has 0 amide bonds. The van der Waals surface area contributed by atoms with Crippen molar-refractivity contribution in [2.45, 2.75) is 27.5 Å². The number of para-hydroxylation sites is 1. The van der Waals surface area contributed by atoms with Gasteiger partial charge in [0.05, 0.1) is 0 Å². The topological polar surface area (TPSA) is 41.9 Å². The van der Waals surface area contributed by atoms with Crippen molar-refractivity contribution < 1.29 is 18.7 Å². The fourth-order valence-corrected chi connectivity index (χ4v) is 2.86. The van der Waals surface area contributed by atoms with Crippen LogP contribution >= 0.6 is 0 Å². The molecular formula is C16H25BNO4-. The zero-order valence-corrected chi connectivity index (χ0v) is 13.9. The van der Waals surface area contributed by atoms with Gasteiger partial charge in [-0.2, -0.15) is 0 Å². The Labute approximate surface area is 132 Å². The molecule has 0 aliphatic heterocycles. The number of aromatic nitrogens is 1. The van der Waals surface area contributed by atoms with E-state index in [0.29, 0.717) is 26.6 Å². The van der Waals surface area contributed by atoms with E-state index in [4.69, 9.17) is 18.7 Å². The predicted molar refractivity (Wildman–Crippen MR) is 89.2 cm³/mol. The summed E-state index contributed by atoms with van der Waals surface area (Å²) in [5, 5.41) is 1.11. The number of hydrogen-bond donors (Lipinski definition) is 0. The molecule has 0 bridgehead atoms. The van der Waals surface area contributed by atoms with Crippen molar-refractivity contribution in [2.75, 3.05) is 26.9 Å². The highest BCUT2D eigenvalue weighted by Gasteiger charge is 2.34. The predicted octanol–water partition coefficient (Wildman–Crippen LogP) is 2.50. The molecule has 0 atom stereocenters. The lowest BCUT2D eigenvalue weighted by Crippen LogP contribution is -2.59. The Balaban J connectivity index is 2.62. The summed E-state index contributed by atoms with van der Waals surface area (Å²) in [5.74, 6) is 0. The molecule has 0 aliphatic carbocycles. The first-order chi connectivity index (χ1) is 10.7. The van der Waals surface area contributed by atoms with Crippen molar-refractivity contribution in [1.82, 2.24) is 4.57 Å². The van der Waals surface area contributed by atoms with E-state index in [-0.39, 0.29) is 0 Å². The van der Waals surface area contributed by atoms with Crippen LogP contribution in [0.4, 0.5) is 0 Å². The first-order valence-corrected chi connectivity index (χ1v) is 7.85. The highest BCUT2D eigenvalue weighted by Crippen LogP contribution is 2.20. The molecule has 2 rings (SSSR count). The lowest BCUT2D eigenvalue weighted by molar-refractivity contribution is 0.0807. The van der Waals surface area contributed by atoms with Crippen LogP contribution in [0.5, 0.6) is 0 Å². The van der Waals surface area contributed by atoms with Crippen LogP contribution in [-0.2, 0) is 25.4 Å². The highest BCUT2D eigenvalue weighted by molar-refractivity contribution is 6.75. The number of fused-ring (bicyclic) bond motifs is 1. The van der Waals surface area contributed by atoms with Gasteiger partial charge >= 0.3 is 6.75 Å². The Bertz CT molecular complexity index is 582. The normalized spacial score (nSPS) is 12.2. The van der Waals surface area contributed by atoms with Gasteiger partial charge in [0.2, 0.25) is 0 Å². The van der Waals surface area contributed by atoms with Crippen molar-refractivity contribution in [3.8, 4) is 0 Å². The van der Waals surface area contributed by atoms with Crippen molar-refractivity contribution in [3.63, 3.8) is 0 Å². The fraction of sp³-hybridized carbons (Fsp3) is 0.500. The molecule has 6 heteroatoms. The molecule has 0 fully saturated rings. The van der Waals surface area contributed by atoms with Crippen LogP contribution in [0.1, 0.15) is 20.8 Å². The second-order valence-electron chi connectivity index (χ2n) is 4.98. The van der Waals surface area contributed by atoms with Crippen LogP contribution in [0.2, 0.25) is 0 Å². The second-order valence-corrected chi connectivity index (χ2v) is 4.98. The zero-order chi connectivity index (χ0) is 16.0. The van der Waals surface area contributed by atoms with Gasteiger partial charge in [-0.25, -0.2) is 0 Å². The Hall–Kier alpha value is -1.34. The SMILES string of the molecule is CCO[B-](OCC)(OCC)c1cc2ccccc2n1COC. The summed E-state index contributed by atoms with van der Waals surface area (Å²) in [5.41, 5.74) is 1.94. The summed E-state index contributed by atoms with van der Waals surface area (Å²) in [6, 6.07) is 10.2. The lowest BCUT2D eigenvalue weighted by Gasteiger charge is -2.41. The van der Waals surface area contributed by atoms with Crippen LogP contribution in [0.25, 0.3) is 10.9 Å². The summed E-state index contributed by atoms with van der Waals surface area (Å²) in [7, 11) is 1.68. The van der Waals surface area contributed by atoms with E-state index >= 15 is 0 Å². The maximum atomic E-state index is 5.95. The molecule has 22 heavy (non-hydrogen) atoms. The van der Waals surface area contributed by atoms with E-state index in [1.54, 1.807) is 7.11 Å². The quantitative estimate of drug-likeness (QED) is 0.668. The van der Waals surface area contributed by atoms with Gasteiger partial charge in [-0.3, -0.25) is 0 Å². The number of methoxy groups -OCH3 is 1. The van der Waals surface area contributed by atoms with E-state index < -0.39 is 6.75 Å². The van der Waals surface area contributed by atoms with Crippen LogP contribution in [-0.4, -0.2) is 38.3 Å². The number of hydrogen-bond acceptors (Lipinski definition) is 4. The van der Waals surface area contributed by atoms with Crippen LogP contribution in [0.15, 0.2) is 30.3 Å². The minimum atomic E-state index is -2.00. The molecule has 0 spiro atoms. The summed E-state index contributed by atoms with van der Waals surface area (Å²) in [6.45, 7) is 5.77. The molecule has 0 saturated heterocycles. The average Bonchev–Trinajstić information content (AvgIpc) is 2.88. The van der Waals surface area contributed by atoms with E-state index in [1.807, 2.05) is 32.9 Å². The maximum Gasteiger partial charge on any atom is 0.425 e. The monoisotopic (exact) mass is 306 g/mol. The number of ether oxygens (including phenoxy) is 1. The molecule has 122 valence electrons. The van der Waals surface area contributed by atoms with E-state index in [2.05, 4.69) is 22.8 Å². The summed E-state index contributed by atoms with van der Waals surface area (Å²) >= 11 is 0. The first kappa shape index (κ1) is 17.0. The largest absolute Gasteiger partial charge is 0.540 e. The fourth-order valence-electron chi connectivity index (χ4n) is 2.86. The summed E-state index contributed by atoms with van der Waals surface area (Å²) in [4.78, 5) is 0. The Kier molecular flexibility index (Phi) is 6.02. The number of benzene rings is 1. The van der Waals surface area contributed by atoms with Gasteiger partial charge in [-0.15, -0.1) is 0 Å². The van der Waals surface area contributed by atoms with Crippen LogP contribution in [0, 0.1) is 0 Å². The Morgan fingerprint density at radius 2 is 1.55 bits per heavy atom. The zero-order valence-electron chi connectivity index (χ0n) is 13.9. The van der Waals surface area contributed by atoms with E-state index in [9.17, 15) is 0 Å². The molecule has 0 N–H and O–H groups in total. The van der Waals surface area contributed by atoms with Crippen LogP contribution in [0.3, 0.4) is 0 Å². The third-order valence-electron chi connectivity index (χ3n) is 3.62. The molecule has 5 nitrogen and oxygen atoms in total. The van der Waals surface area contributed by atoms with Gasteiger partial charge in [0.1, 0.15) is 6.73 Å². The molecular weight excluding hydrogens is 281 g/mol. The Morgan fingerprint density at radius 1 is 0.955 bits per heavy atom. The molecule has 0 radical (unpaired) electrons. The lowest BCUT2D eigenvalue weighted by atomic mass is 9.72. The summed E-state index contributed by atoms with van der Waals surface area (Å²) < 4.78 is 25.3. The van der Waals surface area contributed by atoms with Crippen molar-refractivity contribution >= 4 is 23.3 Å². The van der Waals surface area contributed by atoms with Crippen molar-refractivity contribution in [2.24, 2.45) is 0 Å². The second kappa shape index (κ2) is 7.79. The van der Waals surface area contributed by atoms with E-state index in [1.165, 1.54) is 0 Å². The van der Waals surface area contributed by atoms with E-state index in [0.717, 1.165) is 16.5 Å². The van der Waals surface area contributed by atoms with Gasteiger partial charge < -0.3 is 23.3 Å². The van der Waals surface area contributed by atoms with Gasteiger partial charge in [-0.05, 0) is 32.2 Å². The smallest absolute Gasteiger partial charge is 0.425 e. The highest BCUT2D eigenvalue weighted by atomic mass is 16.8. The molecule has 1 aromatic heterocycles.